The highest BCUT2D eigenvalue weighted by Crippen LogP contribution is 2.19. The summed E-state index contributed by atoms with van der Waals surface area (Å²) in [6, 6.07) is 0. The van der Waals surface area contributed by atoms with Crippen LogP contribution in [0.15, 0.2) is 0 Å². The summed E-state index contributed by atoms with van der Waals surface area (Å²) in [6.07, 6.45) is 1.05. The van der Waals surface area contributed by atoms with Crippen LogP contribution in [0.3, 0.4) is 0 Å². The van der Waals surface area contributed by atoms with Gasteiger partial charge < -0.3 is 14.8 Å². The number of carbonyl (C=O) groups is 1. The van der Waals surface area contributed by atoms with Crippen LogP contribution in [0.2, 0.25) is 0 Å². The molecule has 1 heterocycles. The number of nitrogens with zero attached hydrogens (tertiary/aromatic N) is 1. The minimum Gasteiger partial charge on any atom is -0.393 e. The Morgan fingerprint density at radius 1 is 1.67 bits per heavy atom. The van der Waals surface area contributed by atoms with Gasteiger partial charge in [0.05, 0.1) is 6.10 Å². The van der Waals surface area contributed by atoms with Crippen molar-refractivity contribution in [2.45, 2.75) is 25.9 Å². The largest absolute Gasteiger partial charge is 0.393 e. The molecule has 2 atom stereocenters. The van der Waals surface area contributed by atoms with E-state index in [-0.39, 0.29) is 17.8 Å². The Kier molecular flexibility index (Phi) is 3.23. The van der Waals surface area contributed by atoms with Gasteiger partial charge in [-0.05, 0) is 20.4 Å². The first kappa shape index (κ1) is 9.68. The predicted octanol–water partition coefficient (Wildman–Crippen LogP) is 0.278. The molecule has 0 bridgehead atoms. The molecule has 1 N–H and O–H groups in total. The lowest BCUT2D eigenvalue weighted by molar-refractivity contribution is -0.119. The number of likely N-dealkylation sites (tertiary alicyclic amines) is 1. The van der Waals surface area contributed by atoms with Crippen molar-refractivity contribution < 1.29 is 9.90 Å². The van der Waals surface area contributed by atoms with Gasteiger partial charge >= 0.3 is 0 Å². The van der Waals surface area contributed by atoms with Gasteiger partial charge in [0.15, 0.2) is 0 Å². The molecule has 3 heteroatoms. The molecular formula is C9H17NO2. The minimum atomic E-state index is -0.273. The summed E-state index contributed by atoms with van der Waals surface area (Å²) in [5.74, 6) is 0.329. The summed E-state index contributed by atoms with van der Waals surface area (Å²) in [6.45, 7) is 3.37. The molecule has 3 nitrogen and oxygen atoms in total. The van der Waals surface area contributed by atoms with Crippen LogP contribution in [0.5, 0.6) is 0 Å². The molecule has 0 aromatic carbocycles. The van der Waals surface area contributed by atoms with E-state index >= 15 is 0 Å². The van der Waals surface area contributed by atoms with E-state index in [1.807, 2.05) is 7.05 Å². The normalized spacial score (nSPS) is 31.9. The van der Waals surface area contributed by atoms with Crippen molar-refractivity contribution in [3.05, 3.63) is 0 Å². The molecule has 1 fully saturated rings. The van der Waals surface area contributed by atoms with E-state index in [4.69, 9.17) is 0 Å². The molecule has 0 spiro atoms. The average Bonchev–Trinajstić information content (AvgIpc) is 1.96. The third-order valence-corrected chi connectivity index (χ3v) is 2.45. The molecule has 70 valence electrons. The van der Waals surface area contributed by atoms with Crippen LogP contribution >= 0.6 is 0 Å². The molecule has 1 saturated heterocycles. The first-order valence-corrected chi connectivity index (χ1v) is 4.45. The van der Waals surface area contributed by atoms with Crippen molar-refractivity contribution in [3.8, 4) is 0 Å². The Morgan fingerprint density at radius 3 is 2.92 bits per heavy atom. The minimum absolute atomic E-state index is 0.154. The maximum atomic E-state index is 10.8. The molecule has 2 unspecified atom stereocenters. The summed E-state index contributed by atoms with van der Waals surface area (Å²) in [5.41, 5.74) is 0. The third-order valence-electron chi connectivity index (χ3n) is 2.45. The van der Waals surface area contributed by atoms with E-state index in [0.29, 0.717) is 6.42 Å². The van der Waals surface area contributed by atoms with Crippen LogP contribution in [0, 0.1) is 5.92 Å². The topological polar surface area (TPSA) is 40.5 Å². The predicted molar refractivity (Wildman–Crippen MR) is 46.9 cm³/mol. The highest BCUT2D eigenvalue weighted by atomic mass is 16.3. The van der Waals surface area contributed by atoms with Gasteiger partial charge in [-0.25, -0.2) is 0 Å². The average molecular weight is 171 g/mol. The molecule has 0 radical (unpaired) electrons. The Morgan fingerprint density at radius 2 is 2.33 bits per heavy atom. The van der Waals surface area contributed by atoms with E-state index in [0.717, 1.165) is 19.5 Å². The van der Waals surface area contributed by atoms with Gasteiger partial charge in [-0.1, -0.05) is 0 Å². The van der Waals surface area contributed by atoms with Crippen molar-refractivity contribution in [1.29, 1.82) is 0 Å². The quantitative estimate of drug-likeness (QED) is 0.648. The van der Waals surface area contributed by atoms with Gasteiger partial charge in [0, 0.05) is 25.4 Å². The Balaban J connectivity index is 2.43. The molecular weight excluding hydrogens is 154 g/mol. The zero-order valence-electron chi connectivity index (χ0n) is 7.79. The fourth-order valence-corrected chi connectivity index (χ4v) is 1.77. The molecule has 0 aliphatic carbocycles. The second-order valence-electron chi connectivity index (χ2n) is 3.78. The Labute approximate surface area is 73.4 Å². The van der Waals surface area contributed by atoms with Crippen molar-refractivity contribution >= 4 is 5.78 Å². The smallest absolute Gasteiger partial charge is 0.130 e. The standard InChI is InChI=1S/C9H17NO2/c1-7(11)5-8-6-10(2)4-3-9(8)12/h8-9,12H,3-6H2,1-2H3. The molecule has 0 aromatic heterocycles. The van der Waals surface area contributed by atoms with Crippen LogP contribution < -0.4 is 0 Å². The molecule has 12 heavy (non-hydrogen) atoms. The van der Waals surface area contributed by atoms with E-state index in [1.54, 1.807) is 6.92 Å². The molecule has 1 aliphatic rings. The Hall–Kier alpha value is -0.410. The van der Waals surface area contributed by atoms with E-state index < -0.39 is 0 Å². The number of hydrogen-bond acceptors (Lipinski definition) is 3. The van der Waals surface area contributed by atoms with Crippen LogP contribution in [-0.4, -0.2) is 42.0 Å². The second-order valence-corrected chi connectivity index (χ2v) is 3.78. The lowest BCUT2D eigenvalue weighted by Gasteiger charge is -2.33. The van der Waals surface area contributed by atoms with Gasteiger partial charge in [-0.3, -0.25) is 0 Å². The van der Waals surface area contributed by atoms with Gasteiger partial charge in [-0.15, -0.1) is 0 Å². The Bertz CT molecular complexity index is 170. The van der Waals surface area contributed by atoms with Crippen molar-refractivity contribution in [1.82, 2.24) is 4.90 Å². The number of carbonyl (C=O) groups excluding carboxylic acids is 1. The van der Waals surface area contributed by atoms with E-state index in [1.165, 1.54) is 0 Å². The molecule has 1 aliphatic heterocycles. The number of ketones is 1. The zero-order chi connectivity index (χ0) is 9.14. The maximum absolute atomic E-state index is 10.8. The zero-order valence-corrected chi connectivity index (χ0v) is 7.79. The molecule has 0 saturated carbocycles. The monoisotopic (exact) mass is 171 g/mol. The molecule has 0 aromatic rings. The summed E-state index contributed by atoms with van der Waals surface area (Å²) >= 11 is 0. The van der Waals surface area contributed by atoms with Gasteiger partial charge in [0.25, 0.3) is 0 Å². The highest BCUT2D eigenvalue weighted by molar-refractivity contribution is 5.75. The van der Waals surface area contributed by atoms with Crippen LogP contribution in [0.25, 0.3) is 0 Å². The number of Topliss-reactive ketones (excluding diaryl/α,β-unsaturated/α-hetero) is 1. The fraction of sp³-hybridized carbons (Fsp3) is 0.889. The van der Waals surface area contributed by atoms with E-state index in [9.17, 15) is 9.90 Å². The first-order chi connectivity index (χ1) is 5.59. The number of piperidine rings is 1. The van der Waals surface area contributed by atoms with Crippen LogP contribution in [0.4, 0.5) is 0 Å². The van der Waals surface area contributed by atoms with Gasteiger partial charge in [0.2, 0.25) is 0 Å². The number of aliphatic hydroxyl groups excluding tert-OH is 1. The van der Waals surface area contributed by atoms with Crippen molar-refractivity contribution in [2.24, 2.45) is 5.92 Å². The highest BCUT2D eigenvalue weighted by Gasteiger charge is 2.26. The first-order valence-electron chi connectivity index (χ1n) is 4.45. The summed E-state index contributed by atoms with van der Waals surface area (Å²) in [7, 11) is 2.03. The lowest BCUT2D eigenvalue weighted by atomic mass is 9.91. The van der Waals surface area contributed by atoms with Crippen LogP contribution in [0.1, 0.15) is 19.8 Å². The lowest BCUT2D eigenvalue weighted by Crippen LogP contribution is -2.41. The summed E-state index contributed by atoms with van der Waals surface area (Å²) < 4.78 is 0. The van der Waals surface area contributed by atoms with E-state index in [2.05, 4.69) is 4.90 Å². The van der Waals surface area contributed by atoms with Gasteiger partial charge in [0.1, 0.15) is 5.78 Å². The summed E-state index contributed by atoms with van der Waals surface area (Å²) in [4.78, 5) is 13.0. The summed E-state index contributed by atoms with van der Waals surface area (Å²) in [5, 5.41) is 9.56. The van der Waals surface area contributed by atoms with Crippen molar-refractivity contribution in [2.75, 3.05) is 20.1 Å². The third kappa shape index (κ3) is 2.57. The van der Waals surface area contributed by atoms with Crippen molar-refractivity contribution in [3.63, 3.8) is 0 Å². The second kappa shape index (κ2) is 4.01. The number of rotatable bonds is 2. The fourth-order valence-electron chi connectivity index (χ4n) is 1.77. The van der Waals surface area contributed by atoms with Gasteiger partial charge in [-0.2, -0.15) is 0 Å². The maximum Gasteiger partial charge on any atom is 0.130 e. The number of hydrogen-bond donors (Lipinski definition) is 1. The molecule has 0 amide bonds. The SMILES string of the molecule is CC(=O)CC1CN(C)CCC1O. The van der Waals surface area contributed by atoms with Crippen LogP contribution in [-0.2, 0) is 4.79 Å². The molecule has 1 rings (SSSR count). The number of aliphatic hydroxyl groups is 1.